The third kappa shape index (κ3) is 3.74. The van der Waals surface area contributed by atoms with Crippen LogP contribution in [0.3, 0.4) is 0 Å². The highest BCUT2D eigenvalue weighted by molar-refractivity contribution is 6.02. The maximum atomic E-state index is 5.86. The van der Waals surface area contributed by atoms with Gasteiger partial charge in [0.25, 0.3) is 0 Å². The van der Waals surface area contributed by atoms with Crippen LogP contribution in [0.1, 0.15) is 42.5 Å². The second-order valence-corrected chi connectivity index (χ2v) is 7.02. The van der Waals surface area contributed by atoms with Crippen molar-refractivity contribution in [3.63, 3.8) is 0 Å². The molecule has 0 radical (unpaired) electrons. The fourth-order valence-corrected chi connectivity index (χ4v) is 3.73. The highest BCUT2D eigenvalue weighted by atomic mass is 16.6. The molecule has 142 valence electrons. The van der Waals surface area contributed by atoms with Crippen molar-refractivity contribution in [3.8, 4) is 11.1 Å². The van der Waals surface area contributed by atoms with E-state index in [0.29, 0.717) is 12.6 Å². The number of benzene rings is 2. The number of hydrogen-bond donors (Lipinski definition) is 1. The lowest BCUT2D eigenvalue weighted by Gasteiger charge is -2.27. The summed E-state index contributed by atoms with van der Waals surface area (Å²) in [5.74, 6) is 0.548. The van der Waals surface area contributed by atoms with Gasteiger partial charge in [0.2, 0.25) is 5.95 Å². The number of nitrogen functional groups attached to an aromatic ring is 1. The Morgan fingerprint density at radius 3 is 2.64 bits per heavy atom. The molecule has 1 atom stereocenters. The third-order valence-corrected chi connectivity index (χ3v) is 5.03. The molecule has 3 aromatic rings. The van der Waals surface area contributed by atoms with Crippen LogP contribution < -0.4 is 5.73 Å². The second kappa shape index (κ2) is 8.21. The minimum absolute atomic E-state index is 0.252. The summed E-state index contributed by atoms with van der Waals surface area (Å²) < 4.78 is 0. The molecule has 2 N–H and O–H groups in total. The number of rotatable bonds is 5. The van der Waals surface area contributed by atoms with E-state index >= 15 is 0 Å². The van der Waals surface area contributed by atoms with Crippen LogP contribution in [0.5, 0.6) is 0 Å². The lowest BCUT2D eigenvalue weighted by Crippen LogP contribution is -2.22. The number of anilines is 1. The monoisotopic (exact) mass is 372 g/mol. The first kappa shape index (κ1) is 18.2. The zero-order valence-corrected chi connectivity index (χ0v) is 16.0. The Balaban J connectivity index is 1.75. The van der Waals surface area contributed by atoms with Crippen LogP contribution in [-0.4, -0.2) is 22.3 Å². The van der Waals surface area contributed by atoms with E-state index in [-0.39, 0.29) is 5.92 Å². The van der Waals surface area contributed by atoms with Crippen molar-refractivity contribution in [2.75, 3.05) is 12.3 Å². The van der Waals surface area contributed by atoms with Crippen LogP contribution in [0.15, 0.2) is 65.9 Å². The quantitative estimate of drug-likeness (QED) is 0.525. The molecule has 28 heavy (non-hydrogen) atoms. The number of aromatic nitrogens is 2. The van der Waals surface area contributed by atoms with Crippen LogP contribution in [0, 0.1) is 0 Å². The molecular formula is C23H24N4O. The molecule has 0 saturated carbocycles. The zero-order chi connectivity index (χ0) is 19.3. The van der Waals surface area contributed by atoms with E-state index in [4.69, 9.17) is 10.6 Å². The van der Waals surface area contributed by atoms with Crippen molar-refractivity contribution < 1.29 is 4.84 Å². The van der Waals surface area contributed by atoms with Gasteiger partial charge in [0.05, 0.1) is 11.4 Å². The molecule has 1 aromatic heterocycles. The van der Waals surface area contributed by atoms with Crippen LogP contribution in [0.4, 0.5) is 5.95 Å². The van der Waals surface area contributed by atoms with Gasteiger partial charge in [-0.25, -0.2) is 9.97 Å². The molecule has 1 unspecified atom stereocenters. The fourth-order valence-electron chi connectivity index (χ4n) is 3.73. The Morgan fingerprint density at radius 1 is 1.04 bits per heavy atom. The Kier molecular flexibility index (Phi) is 5.33. The Bertz CT molecular complexity index is 985. The van der Waals surface area contributed by atoms with Gasteiger partial charge in [-0.15, -0.1) is 0 Å². The number of nitrogens with zero attached hydrogens (tertiary/aromatic N) is 3. The van der Waals surface area contributed by atoms with Gasteiger partial charge in [-0.3, -0.25) is 0 Å². The molecule has 0 amide bonds. The van der Waals surface area contributed by atoms with Crippen molar-refractivity contribution in [1.29, 1.82) is 0 Å². The van der Waals surface area contributed by atoms with Gasteiger partial charge in [-0.1, -0.05) is 66.7 Å². The Labute approximate surface area is 165 Å². The van der Waals surface area contributed by atoms with E-state index in [1.165, 1.54) is 16.7 Å². The molecule has 1 aliphatic rings. The summed E-state index contributed by atoms with van der Waals surface area (Å²) in [6, 6.07) is 19.0. The normalized spacial score (nSPS) is 17.3. The molecule has 0 spiro atoms. The molecule has 2 aromatic carbocycles. The van der Waals surface area contributed by atoms with Crippen molar-refractivity contribution in [1.82, 2.24) is 9.97 Å². The van der Waals surface area contributed by atoms with Gasteiger partial charge in [-0.2, -0.15) is 0 Å². The number of nitrogens with two attached hydrogens (primary N) is 1. The van der Waals surface area contributed by atoms with Gasteiger partial charge < -0.3 is 10.6 Å². The average molecular weight is 372 g/mol. The van der Waals surface area contributed by atoms with Gasteiger partial charge in [0.15, 0.2) is 0 Å². The average Bonchev–Trinajstić information content (AvgIpc) is 2.74. The highest BCUT2D eigenvalue weighted by Gasteiger charge is 2.28. The first-order valence-electron chi connectivity index (χ1n) is 9.71. The predicted molar refractivity (Wildman–Crippen MR) is 112 cm³/mol. The van der Waals surface area contributed by atoms with E-state index < -0.39 is 0 Å². The number of oxime groups is 1. The minimum atomic E-state index is 0.252. The fraction of sp³-hybridized carbons (Fsp3) is 0.261. The van der Waals surface area contributed by atoms with Crippen molar-refractivity contribution in [2.24, 2.45) is 5.16 Å². The van der Waals surface area contributed by atoms with Gasteiger partial charge in [0, 0.05) is 18.2 Å². The molecule has 1 heterocycles. The number of fused-ring (bicyclic) bond motifs is 1. The summed E-state index contributed by atoms with van der Waals surface area (Å²) in [6.45, 7) is 2.66. The Morgan fingerprint density at radius 2 is 1.82 bits per heavy atom. The molecule has 1 aliphatic carbocycles. The molecular weight excluding hydrogens is 348 g/mol. The molecule has 0 bridgehead atoms. The van der Waals surface area contributed by atoms with E-state index in [1.807, 2.05) is 6.07 Å². The van der Waals surface area contributed by atoms with E-state index in [2.05, 4.69) is 70.6 Å². The SMILES string of the molecule is CCCON=C1CC(c2ccccc2-c2ccccc2)Cc2nc(N)ncc21. The highest BCUT2D eigenvalue weighted by Crippen LogP contribution is 2.37. The molecule has 0 aliphatic heterocycles. The van der Waals surface area contributed by atoms with Crippen molar-refractivity contribution in [2.45, 2.75) is 32.1 Å². The summed E-state index contributed by atoms with van der Waals surface area (Å²) >= 11 is 0. The van der Waals surface area contributed by atoms with E-state index in [1.54, 1.807) is 6.20 Å². The first-order valence-corrected chi connectivity index (χ1v) is 9.71. The van der Waals surface area contributed by atoms with Crippen molar-refractivity contribution in [3.05, 3.63) is 77.6 Å². The topological polar surface area (TPSA) is 73.4 Å². The summed E-state index contributed by atoms with van der Waals surface area (Å²) in [5, 5.41) is 4.42. The maximum absolute atomic E-state index is 5.86. The van der Waals surface area contributed by atoms with Gasteiger partial charge in [-0.05, 0) is 35.4 Å². The van der Waals surface area contributed by atoms with Gasteiger partial charge >= 0.3 is 0 Å². The second-order valence-electron chi connectivity index (χ2n) is 7.02. The largest absolute Gasteiger partial charge is 0.396 e. The van der Waals surface area contributed by atoms with Crippen LogP contribution in [0.25, 0.3) is 11.1 Å². The predicted octanol–water partition coefficient (Wildman–Crippen LogP) is 4.59. The zero-order valence-electron chi connectivity index (χ0n) is 16.0. The molecule has 5 nitrogen and oxygen atoms in total. The van der Waals surface area contributed by atoms with Crippen molar-refractivity contribution >= 4 is 11.7 Å². The lowest BCUT2D eigenvalue weighted by atomic mass is 9.79. The Hall–Kier alpha value is -3.21. The van der Waals surface area contributed by atoms with E-state index in [9.17, 15) is 0 Å². The van der Waals surface area contributed by atoms with Crippen LogP contribution in [0.2, 0.25) is 0 Å². The molecule has 5 heteroatoms. The molecule has 4 rings (SSSR count). The molecule has 0 fully saturated rings. The third-order valence-electron chi connectivity index (χ3n) is 5.03. The summed E-state index contributed by atoms with van der Waals surface area (Å²) in [4.78, 5) is 14.2. The smallest absolute Gasteiger partial charge is 0.220 e. The maximum Gasteiger partial charge on any atom is 0.220 e. The van der Waals surface area contributed by atoms with Crippen LogP contribution in [-0.2, 0) is 11.3 Å². The van der Waals surface area contributed by atoms with Gasteiger partial charge in [0.1, 0.15) is 6.61 Å². The lowest BCUT2D eigenvalue weighted by molar-refractivity contribution is 0.144. The minimum Gasteiger partial charge on any atom is -0.396 e. The molecule has 0 saturated heterocycles. The van der Waals surface area contributed by atoms with Crippen LogP contribution >= 0.6 is 0 Å². The first-order chi connectivity index (χ1) is 13.8. The summed E-state index contributed by atoms with van der Waals surface area (Å²) in [6.07, 6.45) is 4.28. The summed E-state index contributed by atoms with van der Waals surface area (Å²) in [5.41, 5.74) is 12.4. The van der Waals surface area contributed by atoms with E-state index in [0.717, 1.165) is 36.2 Å². The number of hydrogen-bond acceptors (Lipinski definition) is 5. The standard InChI is InChI=1S/C23H24N4O/c1-2-12-28-27-22-14-17(13-21-20(22)15-25-23(24)26-21)19-11-7-6-10-18(19)16-8-4-3-5-9-16/h3-11,15,17H,2,12-14H2,1H3,(H2,24,25,26). The summed E-state index contributed by atoms with van der Waals surface area (Å²) in [7, 11) is 0.